The van der Waals surface area contributed by atoms with E-state index in [9.17, 15) is 9.59 Å². The maximum absolute atomic E-state index is 11.9. The molecule has 5 heteroatoms. The van der Waals surface area contributed by atoms with Crippen molar-refractivity contribution in [1.29, 1.82) is 0 Å². The van der Waals surface area contributed by atoms with Crippen LogP contribution < -0.4 is 5.32 Å². The molecule has 0 unspecified atom stereocenters. The van der Waals surface area contributed by atoms with E-state index in [0.29, 0.717) is 17.0 Å². The summed E-state index contributed by atoms with van der Waals surface area (Å²) in [5.74, 6) is -0.0541. The summed E-state index contributed by atoms with van der Waals surface area (Å²) in [5, 5.41) is 3.62. The molecule has 0 bridgehead atoms. The van der Waals surface area contributed by atoms with Gasteiger partial charge in [0.2, 0.25) is 0 Å². The lowest BCUT2D eigenvalue weighted by Crippen LogP contribution is -2.29. The number of benzene rings is 2. The van der Waals surface area contributed by atoms with E-state index in [-0.39, 0.29) is 23.9 Å². The van der Waals surface area contributed by atoms with Crippen LogP contribution in [0.3, 0.4) is 0 Å². The summed E-state index contributed by atoms with van der Waals surface area (Å²) in [6.45, 7) is 0. The maximum Gasteiger partial charge on any atom is 0.337 e. The number of rotatable bonds is 3. The van der Waals surface area contributed by atoms with Crippen molar-refractivity contribution in [3.63, 3.8) is 0 Å². The molecule has 5 nitrogen and oxygen atoms in total. The number of methoxy groups -OCH3 is 2. The molecule has 138 valence electrons. The molecule has 4 rings (SSSR count). The summed E-state index contributed by atoms with van der Waals surface area (Å²) in [6.07, 6.45) is 5.39. The number of hydrogen-bond acceptors (Lipinski definition) is 5. The number of hydrogen-bond donors (Lipinski definition) is 1. The Bertz CT molecular complexity index is 916. The Morgan fingerprint density at radius 3 is 2.33 bits per heavy atom. The molecule has 2 aromatic carbocycles. The third-order valence-electron chi connectivity index (χ3n) is 5.47. The van der Waals surface area contributed by atoms with Gasteiger partial charge >= 0.3 is 11.9 Å². The summed E-state index contributed by atoms with van der Waals surface area (Å²) < 4.78 is 9.63. The second kappa shape index (κ2) is 6.91. The SMILES string of the molecule is COC(=O)c1ccc([C@@H]2Nc3ccc(C(=O)OC)cc3[C@H]3C=CC[C@H]32)cc1. The van der Waals surface area contributed by atoms with Gasteiger partial charge in [-0.25, -0.2) is 9.59 Å². The van der Waals surface area contributed by atoms with Crippen LogP contribution in [-0.2, 0) is 9.47 Å². The molecule has 1 heterocycles. The molecule has 0 aromatic heterocycles. The Morgan fingerprint density at radius 1 is 0.963 bits per heavy atom. The highest BCUT2D eigenvalue weighted by Crippen LogP contribution is 2.49. The van der Waals surface area contributed by atoms with E-state index >= 15 is 0 Å². The van der Waals surface area contributed by atoms with Crippen LogP contribution in [0.2, 0.25) is 0 Å². The van der Waals surface area contributed by atoms with Gasteiger partial charge in [0.25, 0.3) is 0 Å². The summed E-state index contributed by atoms with van der Waals surface area (Å²) in [5.41, 5.74) is 4.39. The second-order valence-corrected chi connectivity index (χ2v) is 6.88. The summed E-state index contributed by atoms with van der Waals surface area (Å²) in [7, 11) is 2.78. The smallest absolute Gasteiger partial charge is 0.337 e. The van der Waals surface area contributed by atoms with E-state index in [2.05, 4.69) is 17.5 Å². The quantitative estimate of drug-likeness (QED) is 0.657. The van der Waals surface area contributed by atoms with Gasteiger partial charge in [-0.15, -0.1) is 0 Å². The van der Waals surface area contributed by atoms with Gasteiger partial charge in [0.1, 0.15) is 0 Å². The Balaban J connectivity index is 1.68. The zero-order valence-electron chi connectivity index (χ0n) is 15.3. The highest BCUT2D eigenvalue weighted by Gasteiger charge is 2.38. The highest BCUT2D eigenvalue weighted by atomic mass is 16.5. The average Bonchev–Trinajstić information content (AvgIpc) is 3.22. The van der Waals surface area contributed by atoms with Crippen LogP contribution in [0.15, 0.2) is 54.6 Å². The van der Waals surface area contributed by atoms with Crippen molar-refractivity contribution in [2.75, 3.05) is 19.5 Å². The monoisotopic (exact) mass is 363 g/mol. The van der Waals surface area contributed by atoms with Crippen LogP contribution in [0.5, 0.6) is 0 Å². The lowest BCUT2D eigenvalue weighted by Gasteiger charge is -2.37. The Kier molecular flexibility index (Phi) is 4.44. The Morgan fingerprint density at radius 2 is 1.63 bits per heavy atom. The normalized spacial score (nSPS) is 22.4. The third kappa shape index (κ3) is 2.99. The molecule has 3 atom stereocenters. The number of esters is 2. The van der Waals surface area contributed by atoms with E-state index in [1.807, 2.05) is 24.3 Å². The fourth-order valence-electron chi connectivity index (χ4n) is 4.11. The van der Waals surface area contributed by atoms with E-state index in [4.69, 9.17) is 9.47 Å². The topological polar surface area (TPSA) is 64.6 Å². The predicted octanol–water partition coefficient (Wildman–Crippen LogP) is 4.09. The van der Waals surface area contributed by atoms with E-state index in [0.717, 1.165) is 23.2 Å². The van der Waals surface area contributed by atoms with Crippen LogP contribution in [0.4, 0.5) is 5.69 Å². The number of allylic oxidation sites excluding steroid dienone is 2. The molecular weight excluding hydrogens is 342 g/mol. The van der Waals surface area contributed by atoms with Gasteiger partial charge < -0.3 is 14.8 Å². The first-order chi connectivity index (χ1) is 13.1. The molecule has 1 aliphatic heterocycles. The number of fused-ring (bicyclic) bond motifs is 3. The van der Waals surface area contributed by atoms with Gasteiger partial charge in [-0.2, -0.15) is 0 Å². The molecule has 0 radical (unpaired) electrons. The van der Waals surface area contributed by atoms with Crippen LogP contribution in [0.1, 0.15) is 50.2 Å². The van der Waals surface area contributed by atoms with Crippen LogP contribution >= 0.6 is 0 Å². The zero-order valence-corrected chi connectivity index (χ0v) is 15.3. The summed E-state index contributed by atoms with van der Waals surface area (Å²) >= 11 is 0. The molecule has 2 aromatic rings. The molecule has 2 aliphatic rings. The van der Waals surface area contributed by atoms with Gasteiger partial charge in [0, 0.05) is 11.6 Å². The van der Waals surface area contributed by atoms with Gasteiger partial charge in [0.15, 0.2) is 0 Å². The third-order valence-corrected chi connectivity index (χ3v) is 5.47. The number of carbonyl (C=O) groups is 2. The van der Waals surface area contributed by atoms with E-state index < -0.39 is 0 Å². The van der Waals surface area contributed by atoms with Crippen molar-refractivity contribution in [3.8, 4) is 0 Å². The lowest BCUT2D eigenvalue weighted by atomic mass is 9.76. The van der Waals surface area contributed by atoms with Crippen molar-refractivity contribution in [3.05, 3.63) is 76.9 Å². The molecule has 0 fully saturated rings. The van der Waals surface area contributed by atoms with Crippen molar-refractivity contribution >= 4 is 17.6 Å². The minimum atomic E-state index is -0.334. The van der Waals surface area contributed by atoms with E-state index in [1.54, 1.807) is 18.2 Å². The van der Waals surface area contributed by atoms with Crippen molar-refractivity contribution in [2.45, 2.75) is 18.4 Å². The lowest BCUT2D eigenvalue weighted by molar-refractivity contribution is 0.0591. The first kappa shape index (κ1) is 17.3. The van der Waals surface area contributed by atoms with Gasteiger partial charge in [-0.05, 0) is 53.8 Å². The second-order valence-electron chi connectivity index (χ2n) is 6.88. The Labute approximate surface area is 158 Å². The largest absolute Gasteiger partial charge is 0.465 e. The van der Waals surface area contributed by atoms with Gasteiger partial charge in [-0.1, -0.05) is 24.3 Å². The van der Waals surface area contributed by atoms with Crippen molar-refractivity contribution < 1.29 is 19.1 Å². The highest BCUT2D eigenvalue weighted by molar-refractivity contribution is 5.90. The van der Waals surface area contributed by atoms with Gasteiger partial charge in [0.05, 0.1) is 31.4 Å². The molecule has 0 amide bonds. The van der Waals surface area contributed by atoms with E-state index in [1.165, 1.54) is 14.2 Å². The Hall–Kier alpha value is -3.08. The fraction of sp³-hybridized carbons (Fsp3) is 0.273. The molecule has 0 spiro atoms. The summed E-state index contributed by atoms with van der Waals surface area (Å²) in [4.78, 5) is 23.6. The van der Waals surface area contributed by atoms with Crippen LogP contribution in [0.25, 0.3) is 0 Å². The van der Waals surface area contributed by atoms with Crippen molar-refractivity contribution in [1.82, 2.24) is 0 Å². The first-order valence-electron chi connectivity index (χ1n) is 8.96. The molecule has 0 saturated carbocycles. The van der Waals surface area contributed by atoms with Crippen LogP contribution in [0, 0.1) is 5.92 Å². The fourth-order valence-corrected chi connectivity index (χ4v) is 4.11. The molecule has 0 saturated heterocycles. The number of nitrogens with one attached hydrogen (secondary N) is 1. The average molecular weight is 363 g/mol. The minimum Gasteiger partial charge on any atom is -0.465 e. The minimum absolute atomic E-state index is 0.133. The zero-order chi connectivity index (χ0) is 19.0. The van der Waals surface area contributed by atoms with Crippen LogP contribution in [-0.4, -0.2) is 26.2 Å². The maximum atomic E-state index is 11.9. The summed E-state index contributed by atoms with van der Waals surface area (Å²) in [6, 6.07) is 13.4. The van der Waals surface area contributed by atoms with Gasteiger partial charge in [-0.3, -0.25) is 0 Å². The number of carbonyl (C=O) groups excluding carboxylic acids is 2. The molecular formula is C22H21NO4. The molecule has 1 aliphatic carbocycles. The molecule has 1 N–H and O–H groups in total. The number of ether oxygens (including phenoxy) is 2. The number of anilines is 1. The first-order valence-corrected chi connectivity index (χ1v) is 8.96. The standard InChI is InChI=1S/C22H21NO4/c1-26-21(24)14-8-6-13(7-9-14)20-17-5-3-4-16(17)18-12-15(22(25)27-2)10-11-19(18)23-20/h3-4,6-12,16-17,20,23H,5H2,1-2H3/t16-,17+,20-/m0/s1. The van der Waals surface area contributed by atoms with Crippen molar-refractivity contribution in [2.24, 2.45) is 5.92 Å². The molecule has 27 heavy (non-hydrogen) atoms. The predicted molar refractivity (Wildman–Crippen MR) is 102 cm³/mol.